The Labute approximate surface area is 159 Å². The maximum absolute atomic E-state index is 12.6. The number of carbonyl (C=O) groups is 2. The molecule has 2 rings (SSSR count). The molecule has 0 aliphatic carbocycles. The first-order chi connectivity index (χ1) is 13.1. The molecule has 1 aromatic heterocycles. The molecule has 1 N–H and O–H groups in total. The lowest BCUT2D eigenvalue weighted by Crippen LogP contribution is -2.38. The number of aromatic nitrogens is 1. The van der Waals surface area contributed by atoms with Crippen LogP contribution in [0.3, 0.4) is 0 Å². The number of aliphatic carboxylic acids is 1. The second kappa shape index (κ2) is 8.73. The van der Waals surface area contributed by atoms with Crippen LogP contribution in [-0.2, 0) is 11.0 Å². The summed E-state index contributed by atoms with van der Waals surface area (Å²) in [6, 6.07) is 7.76. The Morgan fingerprint density at radius 2 is 1.79 bits per heavy atom. The molecule has 1 heterocycles. The van der Waals surface area contributed by atoms with Crippen molar-refractivity contribution in [3.8, 4) is 11.6 Å². The molecule has 0 bridgehead atoms. The summed E-state index contributed by atoms with van der Waals surface area (Å²) in [7, 11) is 0. The predicted molar refractivity (Wildman–Crippen MR) is 94.2 cm³/mol. The Balaban J connectivity index is 2.07. The number of amides is 1. The standard InChI is InChI=1S/C19H19F3N2O4/c1-12(2)24(10-9-17(25)26)18(27)13-3-6-15(7-4-13)28-16-8-5-14(11-23-16)19(20,21)22/h3-8,11-12H,9-10H2,1-2H3,(H,25,26). The number of ether oxygens (including phenoxy) is 1. The van der Waals surface area contributed by atoms with Gasteiger partial charge in [0.05, 0.1) is 12.0 Å². The van der Waals surface area contributed by atoms with Gasteiger partial charge in [-0.1, -0.05) is 0 Å². The van der Waals surface area contributed by atoms with E-state index < -0.39 is 17.7 Å². The third-order valence-corrected chi connectivity index (χ3v) is 3.84. The van der Waals surface area contributed by atoms with Gasteiger partial charge in [0.25, 0.3) is 5.91 Å². The van der Waals surface area contributed by atoms with Crippen molar-refractivity contribution in [1.29, 1.82) is 0 Å². The number of benzene rings is 1. The fourth-order valence-corrected chi connectivity index (χ4v) is 2.37. The molecule has 1 aromatic carbocycles. The molecule has 9 heteroatoms. The van der Waals surface area contributed by atoms with Crippen LogP contribution < -0.4 is 4.74 Å². The van der Waals surface area contributed by atoms with Gasteiger partial charge in [-0.05, 0) is 44.2 Å². The Hall–Kier alpha value is -3.10. The van der Waals surface area contributed by atoms with Gasteiger partial charge in [0.1, 0.15) is 5.75 Å². The first kappa shape index (κ1) is 21.2. The van der Waals surface area contributed by atoms with Gasteiger partial charge < -0.3 is 14.7 Å². The maximum Gasteiger partial charge on any atom is 0.417 e. The average Bonchev–Trinajstić information content (AvgIpc) is 2.61. The largest absolute Gasteiger partial charge is 0.481 e. The zero-order valence-electron chi connectivity index (χ0n) is 15.2. The Bertz CT molecular complexity index is 819. The lowest BCUT2D eigenvalue weighted by molar-refractivity contribution is -0.138. The molecule has 0 atom stereocenters. The van der Waals surface area contributed by atoms with E-state index in [9.17, 15) is 22.8 Å². The number of carboxylic acids is 1. The van der Waals surface area contributed by atoms with Crippen LogP contribution in [0.4, 0.5) is 13.2 Å². The number of rotatable bonds is 7. The van der Waals surface area contributed by atoms with Gasteiger partial charge in [-0.25, -0.2) is 4.98 Å². The highest BCUT2D eigenvalue weighted by Crippen LogP contribution is 2.30. The van der Waals surface area contributed by atoms with Crippen molar-refractivity contribution >= 4 is 11.9 Å². The minimum Gasteiger partial charge on any atom is -0.481 e. The lowest BCUT2D eigenvalue weighted by Gasteiger charge is -2.26. The van der Waals surface area contributed by atoms with Crippen LogP contribution in [0.15, 0.2) is 42.6 Å². The summed E-state index contributed by atoms with van der Waals surface area (Å²) in [5, 5.41) is 8.81. The van der Waals surface area contributed by atoms with E-state index in [0.29, 0.717) is 17.5 Å². The number of hydrogen-bond donors (Lipinski definition) is 1. The highest BCUT2D eigenvalue weighted by Gasteiger charge is 2.30. The van der Waals surface area contributed by atoms with E-state index in [1.807, 2.05) is 0 Å². The van der Waals surface area contributed by atoms with Crippen LogP contribution in [0.2, 0.25) is 0 Å². The van der Waals surface area contributed by atoms with Crippen molar-refractivity contribution in [2.24, 2.45) is 0 Å². The highest BCUT2D eigenvalue weighted by molar-refractivity contribution is 5.94. The molecule has 0 spiro atoms. The van der Waals surface area contributed by atoms with E-state index in [0.717, 1.165) is 12.1 Å². The summed E-state index contributed by atoms with van der Waals surface area (Å²) in [5.41, 5.74) is -0.539. The van der Waals surface area contributed by atoms with E-state index in [-0.39, 0.29) is 30.8 Å². The second-order valence-electron chi connectivity index (χ2n) is 6.25. The van der Waals surface area contributed by atoms with E-state index in [1.54, 1.807) is 13.8 Å². The number of nitrogens with zero attached hydrogens (tertiary/aromatic N) is 2. The van der Waals surface area contributed by atoms with Crippen LogP contribution in [0, 0.1) is 0 Å². The number of alkyl halides is 3. The zero-order chi connectivity index (χ0) is 20.9. The van der Waals surface area contributed by atoms with Crippen molar-refractivity contribution in [2.45, 2.75) is 32.5 Å². The highest BCUT2D eigenvalue weighted by atomic mass is 19.4. The zero-order valence-corrected chi connectivity index (χ0v) is 15.2. The van der Waals surface area contributed by atoms with E-state index >= 15 is 0 Å². The topological polar surface area (TPSA) is 79.7 Å². The molecule has 28 heavy (non-hydrogen) atoms. The monoisotopic (exact) mass is 396 g/mol. The number of carboxylic acid groups (broad SMARTS) is 1. The molecular weight excluding hydrogens is 377 g/mol. The first-order valence-electron chi connectivity index (χ1n) is 8.42. The molecule has 0 aliphatic rings. The second-order valence-corrected chi connectivity index (χ2v) is 6.25. The number of halogens is 3. The molecule has 150 valence electrons. The van der Waals surface area contributed by atoms with Crippen LogP contribution >= 0.6 is 0 Å². The quantitative estimate of drug-likeness (QED) is 0.758. The van der Waals surface area contributed by atoms with Crippen LogP contribution in [0.5, 0.6) is 11.6 Å². The summed E-state index contributed by atoms with van der Waals surface area (Å²) < 4.78 is 43.0. The van der Waals surface area contributed by atoms with Crippen molar-refractivity contribution in [2.75, 3.05) is 6.54 Å². The molecule has 0 saturated heterocycles. The van der Waals surface area contributed by atoms with Gasteiger partial charge in [0.2, 0.25) is 5.88 Å². The normalized spacial score (nSPS) is 11.4. The molecule has 0 saturated carbocycles. The van der Waals surface area contributed by atoms with Gasteiger partial charge in [0.15, 0.2) is 0 Å². The Morgan fingerprint density at radius 3 is 2.25 bits per heavy atom. The van der Waals surface area contributed by atoms with E-state index in [1.165, 1.54) is 29.2 Å². The average molecular weight is 396 g/mol. The fourth-order valence-electron chi connectivity index (χ4n) is 2.37. The van der Waals surface area contributed by atoms with E-state index in [4.69, 9.17) is 9.84 Å². The molecule has 0 unspecified atom stereocenters. The SMILES string of the molecule is CC(C)N(CCC(=O)O)C(=O)c1ccc(Oc2ccc(C(F)(F)F)cn2)cc1. The molecule has 0 radical (unpaired) electrons. The number of hydrogen-bond acceptors (Lipinski definition) is 4. The van der Waals surface area contributed by atoms with Crippen molar-refractivity contribution in [1.82, 2.24) is 9.88 Å². The molecule has 0 fully saturated rings. The predicted octanol–water partition coefficient (Wildman–Crippen LogP) is 4.22. The lowest BCUT2D eigenvalue weighted by atomic mass is 10.1. The number of pyridine rings is 1. The van der Waals surface area contributed by atoms with Gasteiger partial charge in [0, 0.05) is 30.4 Å². The summed E-state index contributed by atoms with van der Waals surface area (Å²) in [6.45, 7) is 3.65. The Kier molecular flexibility index (Phi) is 6.61. The molecule has 1 amide bonds. The molecule has 0 aliphatic heterocycles. The Morgan fingerprint density at radius 1 is 1.14 bits per heavy atom. The molecular formula is C19H19F3N2O4. The first-order valence-corrected chi connectivity index (χ1v) is 8.42. The minimum absolute atomic E-state index is 0.0164. The van der Waals surface area contributed by atoms with Crippen molar-refractivity contribution in [3.63, 3.8) is 0 Å². The fraction of sp³-hybridized carbons (Fsp3) is 0.316. The van der Waals surface area contributed by atoms with Gasteiger partial charge >= 0.3 is 12.1 Å². The summed E-state index contributed by atoms with van der Waals surface area (Å²) >= 11 is 0. The molecule has 2 aromatic rings. The minimum atomic E-state index is -4.48. The van der Waals surface area contributed by atoms with Crippen LogP contribution in [-0.4, -0.2) is 39.5 Å². The number of carbonyl (C=O) groups excluding carboxylic acids is 1. The van der Waals surface area contributed by atoms with E-state index in [2.05, 4.69) is 4.98 Å². The van der Waals surface area contributed by atoms with Gasteiger partial charge in [-0.15, -0.1) is 0 Å². The van der Waals surface area contributed by atoms with Gasteiger partial charge in [-0.2, -0.15) is 13.2 Å². The summed E-state index contributed by atoms with van der Waals surface area (Å²) in [4.78, 5) is 28.4. The maximum atomic E-state index is 12.6. The van der Waals surface area contributed by atoms with Crippen molar-refractivity contribution < 1.29 is 32.6 Å². The van der Waals surface area contributed by atoms with Crippen molar-refractivity contribution in [3.05, 3.63) is 53.7 Å². The van der Waals surface area contributed by atoms with Gasteiger partial charge in [-0.3, -0.25) is 9.59 Å². The van der Waals surface area contributed by atoms with Crippen LogP contribution in [0.1, 0.15) is 36.2 Å². The summed E-state index contributed by atoms with van der Waals surface area (Å²) in [5.74, 6) is -1.04. The third-order valence-electron chi connectivity index (χ3n) is 3.84. The molecule has 6 nitrogen and oxygen atoms in total. The van der Waals surface area contributed by atoms with Crippen LogP contribution in [0.25, 0.3) is 0 Å². The summed E-state index contributed by atoms with van der Waals surface area (Å²) in [6.07, 6.45) is -3.96. The third kappa shape index (κ3) is 5.70. The smallest absolute Gasteiger partial charge is 0.417 e.